The van der Waals surface area contributed by atoms with Crippen LogP contribution in [-0.2, 0) is 17.8 Å². The lowest BCUT2D eigenvalue weighted by Gasteiger charge is -2.27. The lowest BCUT2D eigenvalue weighted by atomic mass is 10.1. The van der Waals surface area contributed by atoms with Gasteiger partial charge in [0, 0.05) is 30.4 Å². The van der Waals surface area contributed by atoms with E-state index in [1.807, 2.05) is 25.3 Å². The highest BCUT2D eigenvalue weighted by Crippen LogP contribution is 2.33. The third-order valence-corrected chi connectivity index (χ3v) is 6.08. The summed E-state index contributed by atoms with van der Waals surface area (Å²) >= 11 is 0. The molecule has 4 heterocycles. The van der Waals surface area contributed by atoms with E-state index < -0.39 is 0 Å². The minimum atomic E-state index is 0.232. The Bertz CT molecular complexity index is 1210. The van der Waals surface area contributed by atoms with E-state index in [-0.39, 0.29) is 5.95 Å². The Hall–Kier alpha value is -3.43. The fourth-order valence-corrected chi connectivity index (χ4v) is 4.24. The molecular weight excluding hydrogens is 442 g/mol. The maximum atomic E-state index is 6.11. The summed E-state index contributed by atoms with van der Waals surface area (Å²) in [5, 5.41) is 6.97. The van der Waals surface area contributed by atoms with Crippen molar-refractivity contribution in [1.82, 2.24) is 24.8 Å². The van der Waals surface area contributed by atoms with Gasteiger partial charge in [-0.05, 0) is 31.1 Å². The van der Waals surface area contributed by atoms with Crippen LogP contribution in [0.4, 0.5) is 11.8 Å². The number of nitrogens with zero attached hydrogens (tertiary/aromatic N) is 4. The molecule has 0 amide bonds. The molecule has 9 nitrogen and oxygen atoms in total. The maximum absolute atomic E-state index is 6.11. The van der Waals surface area contributed by atoms with Crippen LogP contribution in [0.2, 0.25) is 0 Å². The van der Waals surface area contributed by atoms with E-state index in [0.717, 1.165) is 71.8 Å². The van der Waals surface area contributed by atoms with Gasteiger partial charge in [0.25, 0.3) is 0 Å². The van der Waals surface area contributed by atoms with Crippen LogP contribution in [0.1, 0.15) is 49.1 Å². The molecule has 0 atom stereocenters. The number of pyridine rings is 1. The normalized spacial score (nSPS) is 13.9. The molecule has 0 aromatic carbocycles. The largest absolute Gasteiger partial charge is 0.481 e. The monoisotopic (exact) mass is 477 g/mol. The first-order chi connectivity index (χ1) is 17.1. The molecule has 0 bridgehead atoms. The van der Waals surface area contributed by atoms with Gasteiger partial charge in [0.1, 0.15) is 11.0 Å². The summed E-state index contributed by atoms with van der Waals surface area (Å²) in [6, 6.07) is 2.53. The average Bonchev–Trinajstić information content (AvgIpc) is 3.10. The Balaban J connectivity index is 1.81. The quantitative estimate of drug-likeness (QED) is 0.337. The molecule has 35 heavy (non-hydrogen) atoms. The zero-order valence-electron chi connectivity index (χ0n) is 20.8. The Morgan fingerprint density at radius 3 is 2.83 bits per heavy atom. The highest BCUT2D eigenvalue weighted by molar-refractivity contribution is 5.97. The summed E-state index contributed by atoms with van der Waals surface area (Å²) in [5.41, 5.74) is 11.7. The molecule has 0 unspecified atom stereocenters. The van der Waals surface area contributed by atoms with Crippen LogP contribution in [0.25, 0.3) is 23.2 Å². The number of rotatable bonds is 12. The van der Waals surface area contributed by atoms with Crippen LogP contribution < -0.4 is 21.1 Å². The van der Waals surface area contributed by atoms with Gasteiger partial charge in [-0.1, -0.05) is 32.1 Å². The summed E-state index contributed by atoms with van der Waals surface area (Å²) in [4.78, 5) is 13.7. The van der Waals surface area contributed by atoms with Crippen LogP contribution in [0.3, 0.4) is 0 Å². The molecule has 0 radical (unpaired) electrons. The van der Waals surface area contributed by atoms with E-state index in [2.05, 4.69) is 55.8 Å². The molecule has 3 aromatic rings. The minimum absolute atomic E-state index is 0.232. The molecule has 9 heteroatoms. The molecule has 0 spiro atoms. The number of nitrogen functional groups attached to an aromatic ring is 1. The van der Waals surface area contributed by atoms with Gasteiger partial charge in [0.2, 0.25) is 11.8 Å². The van der Waals surface area contributed by atoms with Crippen LogP contribution in [0, 0.1) is 0 Å². The van der Waals surface area contributed by atoms with Crippen molar-refractivity contribution >= 4 is 35.0 Å². The molecular formula is C26H35N7O2. The van der Waals surface area contributed by atoms with Gasteiger partial charge in [0.05, 0.1) is 38.6 Å². The second-order valence-corrected chi connectivity index (χ2v) is 8.62. The predicted octanol–water partition coefficient (Wildman–Crippen LogP) is 3.84. The van der Waals surface area contributed by atoms with E-state index in [1.165, 1.54) is 0 Å². The van der Waals surface area contributed by atoms with Crippen LogP contribution >= 0.6 is 0 Å². The zero-order valence-corrected chi connectivity index (χ0v) is 20.8. The van der Waals surface area contributed by atoms with Crippen molar-refractivity contribution in [3.63, 3.8) is 0 Å². The number of aromatic nitrogens is 4. The standard InChI is InChI=1S/C26H35N7O2/c1-5-8-10-28-24-23-22(31-26(27)32-24)20(7-3)21(9-6-2)33(23)14-18-11-17(13-30-25(18)34-4)12-29-19-15-35-16-19/h6-7,9,11,13,19,29H,3,5,8,10,12,14-16H2,1-2,4H3,(H3,27,28,31,32)/b9-6-. The fourth-order valence-electron chi connectivity index (χ4n) is 4.24. The van der Waals surface area contributed by atoms with Gasteiger partial charge in [0.15, 0.2) is 5.82 Å². The number of hydrogen-bond acceptors (Lipinski definition) is 8. The van der Waals surface area contributed by atoms with E-state index in [1.54, 1.807) is 7.11 Å². The van der Waals surface area contributed by atoms with Gasteiger partial charge in [-0.15, -0.1) is 0 Å². The van der Waals surface area contributed by atoms with Crippen molar-refractivity contribution in [2.75, 3.05) is 37.9 Å². The second kappa shape index (κ2) is 11.3. The van der Waals surface area contributed by atoms with Gasteiger partial charge in [-0.2, -0.15) is 4.98 Å². The summed E-state index contributed by atoms with van der Waals surface area (Å²) in [6.45, 7) is 11.7. The van der Waals surface area contributed by atoms with Crippen molar-refractivity contribution in [2.24, 2.45) is 0 Å². The molecule has 0 saturated carbocycles. The number of methoxy groups -OCH3 is 1. The molecule has 1 saturated heterocycles. The molecule has 1 fully saturated rings. The number of nitrogens with one attached hydrogen (secondary N) is 2. The lowest BCUT2D eigenvalue weighted by molar-refractivity contribution is -0.00579. The fraction of sp³-hybridized carbons (Fsp3) is 0.423. The zero-order chi connectivity index (χ0) is 24.8. The van der Waals surface area contributed by atoms with Gasteiger partial charge < -0.3 is 30.4 Å². The number of ether oxygens (including phenoxy) is 2. The summed E-state index contributed by atoms with van der Waals surface area (Å²) in [7, 11) is 1.65. The average molecular weight is 478 g/mol. The van der Waals surface area contributed by atoms with Crippen LogP contribution in [0.5, 0.6) is 5.88 Å². The highest BCUT2D eigenvalue weighted by atomic mass is 16.5. The predicted molar refractivity (Wildman–Crippen MR) is 141 cm³/mol. The molecule has 4 rings (SSSR count). The first-order valence-electron chi connectivity index (χ1n) is 12.1. The third kappa shape index (κ3) is 5.31. The Labute approximate surface area is 206 Å². The molecule has 0 aliphatic carbocycles. The van der Waals surface area contributed by atoms with Crippen molar-refractivity contribution in [2.45, 2.75) is 45.8 Å². The van der Waals surface area contributed by atoms with Gasteiger partial charge in [-0.3, -0.25) is 0 Å². The first kappa shape index (κ1) is 24.7. The smallest absolute Gasteiger partial charge is 0.222 e. The lowest BCUT2D eigenvalue weighted by Crippen LogP contribution is -2.45. The number of nitrogens with two attached hydrogens (primary N) is 1. The van der Waals surface area contributed by atoms with Gasteiger partial charge in [-0.25, -0.2) is 9.97 Å². The third-order valence-electron chi connectivity index (χ3n) is 6.08. The topological polar surface area (TPSA) is 112 Å². The maximum Gasteiger partial charge on any atom is 0.222 e. The highest BCUT2D eigenvalue weighted by Gasteiger charge is 2.22. The number of allylic oxidation sites excluding steroid dienone is 1. The SMILES string of the molecule is C=Cc1c(/C=C\C)n(Cc2cc(CNC3COC3)cnc2OC)c2c(NCCCC)nc(N)nc12. The van der Waals surface area contributed by atoms with E-state index in [4.69, 9.17) is 15.2 Å². The molecule has 1 aliphatic rings. The Kier molecular flexibility index (Phi) is 7.99. The molecule has 3 aromatic heterocycles. The second-order valence-electron chi connectivity index (χ2n) is 8.62. The van der Waals surface area contributed by atoms with Crippen molar-refractivity contribution in [1.29, 1.82) is 0 Å². The number of hydrogen-bond donors (Lipinski definition) is 3. The van der Waals surface area contributed by atoms with Gasteiger partial charge >= 0.3 is 0 Å². The summed E-state index contributed by atoms with van der Waals surface area (Å²) in [5.74, 6) is 1.54. The first-order valence-corrected chi connectivity index (χ1v) is 12.1. The molecule has 186 valence electrons. The van der Waals surface area contributed by atoms with Crippen LogP contribution in [0.15, 0.2) is 24.9 Å². The summed E-state index contributed by atoms with van der Waals surface area (Å²) in [6.07, 6.45) is 9.86. The van der Waals surface area contributed by atoms with E-state index >= 15 is 0 Å². The molecule has 4 N–H and O–H groups in total. The Morgan fingerprint density at radius 1 is 1.34 bits per heavy atom. The number of fused-ring (bicyclic) bond motifs is 1. The minimum Gasteiger partial charge on any atom is -0.481 e. The molecule has 1 aliphatic heterocycles. The van der Waals surface area contributed by atoms with E-state index in [9.17, 15) is 0 Å². The number of anilines is 2. The Morgan fingerprint density at radius 2 is 2.17 bits per heavy atom. The summed E-state index contributed by atoms with van der Waals surface area (Å²) < 4.78 is 13.1. The van der Waals surface area contributed by atoms with E-state index in [0.29, 0.717) is 25.0 Å². The number of unbranched alkanes of at least 4 members (excludes halogenated alkanes) is 1. The van der Waals surface area contributed by atoms with Crippen molar-refractivity contribution in [3.8, 4) is 5.88 Å². The van der Waals surface area contributed by atoms with Crippen LogP contribution in [-0.4, -0.2) is 52.4 Å². The van der Waals surface area contributed by atoms with Crippen molar-refractivity contribution < 1.29 is 9.47 Å². The van der Waals surface area contributed by atoms with Crippen molar-refractivity contribution in [3.05, 3.63) is 47.3 Å².